The summed E-state index contributed by atoms with van der Waals surface area (Å²) in [6.07, 6.45) is 1.34. The van der Waals surface area contributed by atoms with Crippen molar-refractivity contribution in [3.63, 3.8) is 0 Å². The van der Waals surface area contributed by atoms with Gasteiger partial charge in [0.05, 0.1) is 11.4 Å². The Balaban J connectivity index is 1.71. The quantitative estimate of drug-likeness (QED) is 0.371. The summed E-state index contributed by atoms with van der Waals surface area (Å²) in [5, 5.41) is 0.219. The Morgan fingerprint density at radius 1 is 0.806 bits per heavy atom. The van der Waals surface area contributed by atoms with Gasteiger partial charge in [-0.1, -0.05) is 41.4 Å². The zero-order chi connectivity index (χ0) is 22.2. The normalized spacial score (nSPS) is 12.1. The monoisotopic (exact) mass is 497 g/mol. The minimum atomic E-state index is -4.19. The number of benzene rings is 2. The van der Waals surface area contributed by atoms with E-state index in [0.29, 0.717) is 11.0 Å². The minimum absolute atomic E-state index is 0.0657. The standard InChI is InChI=1S/C19H13Cl2N3O5S2/c20-13-7-8-14(23-30(25,26)17-6-3-9-22-19(17)21)15(11-13)24-31(27,28)18-10-12-4-1-2-5-16(12)29-18/h1-11,23-24H. The third-order valence-electron chi connectivity index (χ3n) is 4.15. The molecule has 4 rings (SSSR count). The number of nitrogens with zero attached hydrogens (tertiary/aromatic N) is 1. The van der Waals surface area contributed by atoms with Gasteiger partial charge in [0.1, 0.15) is 15.6 Å². The summed E-state index contributed by atoms with van der Waals surface area (Å²) in [6, 6.07) is 14.8. The predicted molar refractivity (Wildman–Crippen MR) is 119 cm³/mol. The molecular weight excluding hydrogens is 485 g/mol. The molecule has 2 N–H and O–H groups in total. The maximum Gasteiger partial charge on any atom is 0.295 e. The molecule has 31 heavy (non-hydrogen) atoms. The van der Waals surface area contributed by atoms with Gasteiger partial charge in [0.25, 0.3) is 20.0 Å². The molecule has 2 heterocycles. The second-order valence-electron chi connectivity index (χ2n) is 6.30. The first-order chi connectivity index (χ1) is 14.7. The summed E-state index contributed by atoms with van der Waals surface area (Å²) in [7, 11) is -8.36. The van der Waals surface area contributed by atoms with Crippen LogP contribution in [0, 0.1) is 0 Å². The van der Waals surface area contributed by atoms with Crippen molar-refractivity contribution in [2.45, 2.75) is 9.99 Å². The van der Waals surface area contributed by atoms with Gasteiger partial charge in [-0.15, -0.1) is 0 Å². The highest BCUT2D eigenvalue weighted by Crippen LogP contribution is 2.32. The third-order valence-corrected chi connectivity index (χ3v) is 7.42. The van der Waals surface area contributed by atoms with Gasteiger partial charge in [-0.05, 0) is 36.4 Å². The van der Waals surface area contributed by atoms with E-state index in [0.717, 1.165) is 0 Å². The van der Waals surface area contributed by atoms with Crippen LogP contribution < -0.4 is 9.44 Å². The van der Waals surface area contributed by atoms with E-state index >= 15 is 0 Å². The topological polar surface area (TPSA) is 118 Å². The molecule has 0 amide bonds. The lowest BCUT2D eigenvalue weighted by molar-refractivity contribution is 0.484. The minimum Gasteiger partial charge on any atom is -0.443 e. The van der Waals surface area contributed by atoms with Crippen LogP contribution in [-0.2, 0) is 20.0 Å². The molecule has 0 atom stereocenters. The zero-order valence-corrected chi connectivity index (χ0v) is 18.6. The first kappa shape index (κ1) is 21.4. The molecule has 4 aromatic rings. The summed E-state index contributed by atoms with van der Waals surface area (Å²) in [5.41, 5.74) is 0.224. The lowest BCUT2D eigenvalue weighted by atomic mass is 10.3. The van der Waals surface area contributed by atoms with Crippen molar-refractivity contribution in [3.05, 3.63) is 77.0 Å². The number of aromatic nitrogens is 1. The largest absolute Gasteiger partial charge is 0.443 e. The van der Waals surface area contributed by atoms with Gasteiger partial charge in [0.2, 0.25) is 5.09 Å². The number of anilines is 2. The van der Waals surface area contributed by atoms with Crippen molar-refractivity contribution in [1.29, 1.82) is 0 Å². The van der Waals surface area contributed by atoms with Crippen molar-refractivity contribution in [1.82, 2.24) is 4.98 Å². The predicted octanol–water partition coefficient (Wildman–Crippen LogP) is 4.74. The lowest BCUT2D eigenvalue weighted by Crippen LogP contribution is -2.17. The average Bonchev–Trinajstić information content (AvgIpc) is 3.15. The number of para-hydroxylation sites is 1. The first-order valence-corrected chi connectivity index (χ1v) is 12.3. The molecule has 0 aliphatic heterocycles. The Morgan fingerprint density at radius 3 is 2.29 bits per heavy atom. The number of hydrogen-bond donors (Lipinski definition) is 2. The lowest BCUT2D eigenvalue weighted by Gasteiger charge is -2.14. The molecule has 160 valence electrons. The summed E-state index contributed by atoms with van der Waals surface area (Å²) in [5.74, 6) is 0. The second-order valence-corrected chi connectivity index (χ2v) is 10.4. The smallest absolute Gasteiger partial charge is 0.295 e. The Hall–Kier alpha value is -2.79. The molecule has 2 aromatic heterocycles. The number of sulfonamides is 2. The number of halogens is 2. The number of furan rings is 1. The van der Waals surface area contributed by atoms with Crippen molar-refractivity contribution in [2.24, 2.45) is 0 Å². The van der Waals surface area contributed by atoms with Crippen LogP contribution in [0.25, 0.3) is 11.0 Å². The van der Waals surface area contributed by atoms with Gasteiger partial charge >= 0.3 is 0 Å². The van der Waals surface area contributed by atoms with Crippen molar-refractivity contribution in [2.75, 3.05) is 9.44 Å². The van der Waals surface area contributed by atoms with E-state index in [2.05, 4.69) is 14.4 Å². The Labute approximate surface area is 187 Å². The summed E-state index contributed by atoms with van der Waals surface area (Å²) < 4.78 is 61.3. The molecule has 0 fully saturated rings. The molecule has 0 bridgehead atoms. The molecule has 0 saturated heterocycles. The summed E-state index contributed by atoms with van der Waals surface area (Å²) >= 11 is 11.9. The van der Waals surface area contributed by atoms with Crippen LogP contribution in [0.3, 0.4) is 0 Å². The Bertz CT molecular complexity index is 1470. The van der Waals surface area contributed by atoms with Crippen LogP contribution in [-0.4, -0.2) is 21.8 Å². The molecule has 0 saturated carbocycles. The Kier molecular flexibility index (Phi) is 5.56. The molecule has 0 radical (unpaired) electrons. The summed E-state index contributed by atoms with van der Waals surface area (Å²) in [6.45, 7) is 0. The second kappa shape index (κ2) is 8.04. The molecule has 0 aliphatic rings. The highest BCUT2D eigenvalue weighted by Gasteiger charge is 2.24. The van der Waals surface area contributed by atoms with Crippen LogP contribution in [0.15, 0.2) is 81.3 Å². The van der Waals surface area contributed by atoms with Gasteiger partial charge in [0, 0.05) is 22.7 Å². The fraction of sp³-hybridized carbons (Fsp3) is 0. The van der Waals surface area contributed by atoms with Gasteiger partial charge in [-0.25, -0.2) is 13.4 Å². The number of fused-ring (bicyclic) bond motifs is 1. The van der Waals surface area contributed by atoms with E-state index in [1.54, 1.807) is 24.3 Å². The van der Waals surface area contributed by atoms with Crippen LogP contribution in [0.2, 0.25) is 10.2 Å². The molecule has 0 aliphatic carbocycles. The van der Waals surface area contributed by atoms with Crippen LogP contribution >= 0.6 is 23.2 Å². The Morgan fingerprint density at radius 2 is 1.55 bits per heavy atom. The fourth-order valence-electron chi connectivity index (χ4n) is 2.75. The first-order valence-electron chi connectivity index (χ1n) is 8.60. The highest BCUT2D eigenvalue weighted by atomic mass is 35.5. The van der Waals surface area contributed by atoms with Gasteiger partial charge < -0.3 is 4.42 Å². The summed E-state index contributed by atoms with van der Waals surface area (Å²) in [4.78, 5) is 3.48. The van der Waals surface area contributed by atoms with E-state index in [9.17, 15) is 16.8 Å². The van der Waals surface area contributed by atoms with Crippen molar-refractivity contribution in [3.8, 4) is 0 Å². The van der Waals surface area contributed by atoms with E-state index in [-0.39, 0.29) is 31.5 Å². The maximum absolute atomic E-state index is 12.9. The molecule has 2 aromatic carbocycles. The number of rotatable bonds is 6. The third kappa shape index (κ3) is 4.47. The van der Waals surface area contributed by atoms with Crippen molar-refractivity contribution >= 4 is 65.6 Å². The molecule has 0 spiro atoms. The van der Waals surface area contributed by atoms with Crippen LogP contribution in [0.5, 0.6) is 0 Å². The van der Waals surface area contributed by atoms with E-state index < -0.39 is 20.0 Å². The number of nitrogens with one attached hydrogen (secondary N) is 2. The molecule has 8 nitrogen and oxygen atoms in total. The van der Waals surface area contributed by atoms with Gasteiger partial charge in [-0.3, -0.25) is 9.44 Å². The van der Waals surface area contributed by atoms with Gasteiger partial charge in [-0.2, -0.15) is 8.42 Å². The molecule has 12 heteroatoms. The van der Waals surface area contributed by atoms with E-state index in [1.165, 1.54) is 42.6 Å². The van der Waals surface area contributed by atoms with Crippen LogP contribution in [0.1, 0.15) is 0 Å². The molecule has 0 unspecified atom stereocenters. The number of hydrogen-bond acceptors (Lipinski definition) is 6. The molecular formula is C19H13Cl2N3O5S2. The average molecular weight is 498 g/mol. The van der Waals surface area contributed by atoms with Crippen molar-refractivity contribution < 1.29 is 21.3 Å². The zero-order valence-electron chi connectivity index (χ0n) is 15.4. The maximum atomic E-state index is 12.9. The van der Waals surface area contributed by atoms with E-state index in [1.807, 2.05) is 0 Å². The SMILES string of the molecule is O=S(=O)(Nc1cc(Cl)ccc1NS(=O)(=O)c1cccnc1Cl)c1cc2ccccc2o1. The number of pyridine rings is 1. The fourth-order valence-corrected chi connectivity index (χ4v) is 5.49. The van der Waals surface area contributed by atoms with Crippen LogP contribution in [0.4, 0.5) is 11.4 Å². The highest BCUT2D eigenvalue weighted by molar-refractivity contribution is 7.93. The van der Waals surface area contributed by atoms with Gasteiger partial charge in [0.15, 0.2) is 0 Å². The van der Waals surface area contributed by atoms with E-state index in [4.69, 9.17) is 27.6 Å².